The highest BCUT2D eigenvalue weighted by atomic mass is 16.7. The van der Waals surface area contributed by atoms with Gasteiger partial charge in [-0.05, 0) is 18.4 Å². The SMILES string of the molecule is CCCCCCCCCCCCCCCC(=O)ONCCc1ccccc1. The van der Waals surface area contributed by atoms with Gasteiger partial charge in [0.1, 0.15) is 0 Å². The summed E-state index contributed by atoms with van der Waals surface area (Å²) in [5, 5.41) is 0. The Bertz CT molecular complexity index is 447. The van der Waals surface area contributed by atoms with Crippen LogP contribution in [0, 0.1) is 0 Å². The lowest BCUT2D eigenvalue weighted by Gasteiger charge is -2.06. The molecule has 1 aromatic carbocycles. The van der Waals surface area contributed by atoms with Gasteiger partial charge in [0.25, 0.3) is 0 Å². The summed E-state index contributed by atoms with van der Waals surface area (Å²) < 4.78 is 0. The Morgan fingerprint density at radius 1 is 0.778 bits per heavy atom. The van der Waals surface area contributed by atoms with Crippen LogP contribution < -0.4 is 5.48 Å². The number of rotatable bonds is 18. The van der Waals surface area contributed by atoms with Crippen molar-refractivity contribution in [2.45, 2.75) is 103 Å². The Morgan fingerprint density at radius 2 is 1.30 bits per heavy atom. The number of hydrogen-bond donors (Lipinski definition) is 1. The minimum atomic E-state index is -0.133. The van der Waals surface area contributed by atoms with Crippen LogP contribution in [-0.2, 0) is 16.1 Å². The van der Waals surface area contributed by atoms with Crippen LogP contribution >= 0.6 is 0 Å². The molecule has 0 heterocycles. The molecule has 0 spiro atoms. The van der Waals surface area contributed by atoms with Crippen LogP contribution in [0.3, 0.4) is 0 Å². The molecule has 1 rings (SSSR count). The van der Waals surface area contributed by atoms with Crippen molar-refractivity contribution in [3.63, 3.8) is 0 Å². The minimum absolute atomic E-state index is 0.133. The molecule has 154 valence electrons. The topological polar surface area (TPSA) is 38.3 Å². The second kappa shape index (κ2) is 18.0. The van der Waals surface area contributed by atoms with Gasteiger partial charge in [-0.25, -0.2) is 0 Å². The number of carbonyl (C=O) groups is 1. The second-order valence-electron chi connectivity index (χ2n) is 7.60. The van der Waals surface area contributed by atoms with Gasteiger partial charge in [0.05, 0.1) is 0 Å². The molecule has 0 atom stereocenters. The van der Waals surface area contributed by atoms with Crippen LogP contribution in [0.2, 0.25) is 0 Å². The highest BCUT2D eigenvalue weighted by molar-refractivity contribution is 5.68. The van der Waals surface area contributed by atoms with Crippen LogP contribution in [0.15, 0.2) is 30.3 Å². The Balaban J connectivity index is 1.78. The molecule has 0 saturated carbocycles. The van der Waals surface area contributed by atoms with Gasteiger partial charge in [0.2, 0.25) is 0 Å². The Hall–Kier alpha value is -1.35. The summed E-state index contributed by atoms with van der Waals surface area (Å²) in [6.45, 7) is 2.93. The molecular formula is C24H41NO2. The first-order chi connectivity index (χ1) is 13.3. The van der Waals surface area contributed by atoms with E-state index in [-0.39, 0.29) is 5.97 Å². The van der Waals surface area contributed by atoms with Crippen molar-refractivity contribution in [3.8, 4) is 0 Å². The number of nitrogens with one attached hydrogen (secondary N) is 1. The lowest BCUT2D eigenvalue weighted by Crippen LogP contribution is -2.22. The van der Waals surface area contributed by atoms with Crippen LogP contribution in [0.4, 0.5) is 0 Å². The van der Waals surface area contributed by atoms with Gasteiger partial charge in [-0.1, -0.05) is 114 Å². The fourth-order valence-corrected chi connectivity index (χ4v) is 3.31. The number of carbonyl (C=O) groups excluding carboxylic acids is 1. The van der Waals surface area contributed by atoms with Crippen molar-refractivity contribution in [1.82, 2.24) is 5.48 Å². The predicted molar refractivity (Wildman–Crippen MR) is 115 cm³/mol. The predicted octanol–water partition coefficient (Wildman–Crippen LogP) is 6.76. The Kier molecular flexibility index (Phi) is 15.8. The first kappa shape index (κ1) is 23.7. The first-order valence-corrected chi connectivity index (χ1v) is 11.3. The number of unbranched alkanes of at least 4 members (excludes halogenated alkanes) is 12. The molecule has 0 aromatic heterocycles. The van der Waals surface area contributed by atoms with Crippen molar-refractivity contribution in [2.24, 2.45) is 0 Å². The summed E-state index contributed by atoms with van der Waals surface area (Å²) in [5.41, 5.74) is 4.03. The highest BCUT2D eigenvalue weighted by Crippen LogP contribution is 2.13. The van der Waals surface area contributed by atoms with Gasteiger partial charge in [0, 0.05) is 13.0 Å². The van der Waals surface area contributed by atoms with E-state index in [0.29, 0.717) is 13.0 Å². The van der Waals surface area contributed by atoms with E-state index in [1.807, 2.05) is 18.2 Å². The third-order valence-electron chi connectivity index (χ3n) is 5.03. The van der Waals surface area contributed by atoms with E-state index in [2.05, 4.69) is 24.5 Å². The van der Waals surface area contributed by atoms with Crippen molar-refractivity contribution in [3.05, 3.63) is 35.9 Å². The standard InChI is InChI=1S/C24H41NO2/c1-2-3-4-5-6-7-8-9-10-11-12-13-17-20-24(26)27-25-22-21-23-18-15-14-16-19-23/h14-16,18-19,25H,2-13,17,20-22H2,1H3. The molecule has 0 amide bonds. The molecule has 0 fully saturated rings. The summed E-state index contributed by atoms with van der Waals surface area (Å²) in [5.74, 6) is -0.133. The average Bonchev–Trinajstić information content (AvgIpc) is 2.69. The maximum absolute atomic E-state index is 11.7. The maximum atomic E-state index is 11.7. The van der Waals surface area contributed by atoms with E-state index in [9.17, 15) is 4.79 Å². The lowest BCUT2D eigenvalue weighted by atomic mass is 10.0. The number of hydroxylamine groups is 1. The zero-order valence-corrected chi connectivity index (χ0v) is 17.5. The molecule has 0 radical (unpaired) electrons. The molecule has 1 N–H and O–H groups in total. The minimum Gasteiger partial charge on any atom is -0.371 e. The van der Waals surface area contributed by atoms with Gasteiger partial charge in [-0.15, -0.1) is 0 Å². The summed E-state index contributed by atoms with van der Waals surface area (Å²) >= 11 is 0. The van der Waals surface area contributed by atoms with Crippen LogP contribution in [0.5, 0.6) is 0 Å². The molecule has 0 aliphatic rings. The van der Waals surface area contributed by atoms with E-state index < -0.39 is 0 Å². The Morgan fingerprint density at radius 3 is 1.85 bits per heavy atom. The maximum Gasteiger partial charge on any atom is 0.324 e. The van der Waals surface area contributed by atoms with Gasteiger partial charge in [-0.2, -0.15) is 5.48 Å². The van der Waals surface area contributed by atoms with Crippen molar-refractivity contribution >= 4 is 5.97 Å². The molecule has 0 saturated heterocycles. The van der Waals surface area contributed by atoms with E-state index >= 15 is 0 Å². The molecule has 0 unspecified atom stereocenters. The fraction of sp³-hybridized carbons (Fsp3) is 0.708. The average molecular weight is 376 g/mol. The van der Waals surface area contributed by atoms with Gasteiger partial charge >= 0.3 is 5.97 Å². The molecule has 1 aromatic rings. The smallest absolute Gasteiger partial charge is 0.324 e. The van der Waals surface area contributed by atoms with Gasteiger partial charge in [-0.3, -0.25) is 4.79 Å². The third kappa shape index (κ3) is 15.4. The van der Waals surface area contributed by atoms with Gasteiger partial charge < -0.3 is 4.84 Å². The number of benzene rings is 1. The van der Waals surface area contributed by atoms with E-state index in [1.54, 1.807) is 0 Å². The highest BCUT2D eigenvalue weighted by Gasteiger charge is 2.02. The molecule has 3 heteroatoms. The molecule has 0 aliphatic heterocycles. The largest absolute Gasteiger partial charge is 0.371 e. The van der Waals surface area contributed by atoms with E-state index in [1.165, 1.54) is 76.2 Å². The van der Waals surface area contributed by atoms with Crippen molar-refractivity contribution in [1.29, 1.82) is 0 Å². The zero-order chi connectivity index (χ0) is 19.4. The lowest BCUT2D eigenvalue weighted by molar-refractivity contribution is -0.151. The van der Waals surface area contributed by atoms with Crippen LogP contribution in [0.1, 0.15) is 102 Å². The van der Waals surface area contributed by atoms with Crippen LogP contribution in [0.25, 0.3) is 0 Å². The zero-order valence-electron chi connectivity index (χ0n) is 17.5. The van der Waals surface area contributed by atoms with Crippen LogP contribution in [-0.4, -0.2) is 12.5 Å². The molecule has 0 aliphatic carbocycles. The van der Waals surface area contributed by atoms with Crippen molar-refractivity contribution in [2.75, 3.05) is 6.54 Å². The number of hydrogen-bond acceptors (Lipinski definition) is 3. The third-order valence-corrected chi connectivity index (χ3v) is 5.03. The summed E-state index contributed by atoms with van der Waals surface area (Å²) in [4.78, 5) is 16.8. The summed E-state index contributed by atoms with van der Waals surface area (Å²) in [6, 6.07) is 10.2. The quantitative estimate of drug-likeness (QED) is 0.227. The first-order valence-electron chi connectivity index (χ1n) is 11.3. The van der Waals surface area contributed by atoms with Crippen molar-refractivity contribution < 1.29 is 9.63 Å². The van der Waals surface area contributed by atoms with E-state index in [0.717, 1.165) is 19.3 Å². The monoisotopic (exact) mass is 375 g/mol. The molecule has 0 bridgehead atoms. The summed E-state index contributed by atoms with van der Waals surface area (Å²) in [7, 11) is 0. The second-order valence-corrected chi connectivity index (χ2v) is 7.60. The fourth-order valence-electron chi connectivity index (χ4n) is 3.31. The molecule has 27 heavy (non-hydrogen) atoms. The normalized spacial score (nSPS) is 10.9. The molecular weight excluding hydrogens is 334 g/mol. The Labute approximate surface area is 167 Å². The van der Waals surface area contributed by atoms with Gasteiger partial charge in [0.15, 0.2) is 0 Å². The van der Waals surface area contributed by atoms with E-state index in [4.69, 9.17) is 4.84 Å². The molecule has 3 nitrogen and oxygen atoms in total. The summed E-state index contributed by atoms with van der Waals surface area (Å²) in [6.07, 6.45) is 18.5.